The fourth-order valence-corrected chi connectivity index (χ4v) is 2.12. The van der Waals surface area contributed by atoms with Gasteiger partial charge in [0.05, 0.1) is 0 Å². The molecule has 0 aromatic heterocycles. The number of nitrogens with one attached hydrogen (secondary N) is 1. The number of halogens is 3. The molecule has 0 aromatic rings. The molecule has 1 aliphatic carbocycles. The third-order valence-electron chi connectivity index (χ3n) is 2.28. The average molecular weight is 213 g/mol. The van der Waals surface area contributed by atoms with Crippen molar-refractivity contribution in [3.05, 3.63) is 0 Å². The van der Waals surface area contributed by atoms with Crippen molar-refractivity contribution in [1.82, 2.24) is 4.72 Å². The molecular weight excluding hydrogens is 199 g/mol. The average Bonchev–Trinajstić information content (AvgIpc) is 2.04. The lowest BCUT2D eigenvalue weighted by Gasteiger charge is -2.21. The van der Waals surface area contributed by atoms with E-state index in [-0.39, 0.29) is 11.9 Å². The molecule has 1 N–H and O–H groups in total. The summed E-state index contributed by atoms with van der Waals surface area (Å²) in [4.78, 5) is 0. The van der Waals surface area contributed by atoms with E-state index in [0.29, 0.717) is 12.5 Å². The summed E-state index contributed by atoms with van der Waals surface area (Å²) >= 11 is -0.123. The number of rotatable bonds is 3. The van der Waals surface area contributed by atoms with Gasteiger partial charge in [-0.3, -0.25) is 4.72 Å². The largest absolute Gasteiger partial charge is 0.456 e. The van der Waals surface area contributed by atoms with E-state index in [1.807, 2.05) is 0 Å². The monoisotopic (exact) mass is 213 g/mol. The second-order valence-corrected chi connectivity index (χ2v) is 4.36. The van der Waals surface area contributed by atoms with Crippen molar-refractivity contribution >= 4 is 11.9 Å². The summed E-state index contributed by atoms with van der Waals surface area (Å²) in [7, 11) is 0. The van der Waals surface area contributed by atoms with Crippen molar-refractivity contribution in [2.45, 2.75) is 37.6 Å². The molecule has 0 spiro atoms. The van der Waals surface area contributed by atoms with Crippen LogP contribution in [0.15, 0.2) is 0 Å². The fourth-order valence-electron chi connectivity index (χ4n) is 1.63. The summed E-state index contributed by atoms with van der Waals surface area (Å²) in [5.74, 6) is 0.448. The number of hydrogen-bond acceptors (Lipinski definition) is 2. The zero-order chi connectivity index (χ0) is 9.73. The molecule has 0 aromatic carbocycles. The lowest BCUT2D eigenvalue weighted by molar-refractivity contribution is -0.0336. The molecule has 0 saturated heterocycles. The minimum absolute atomic E-state index is 0.123. The Morgan fingerprint density at radius 1 is 1.15 bits per heavy atom. The van der Waals surface area contributed by atoms with Gasteiger partial charge in [-0.25, -0.2) is 0 Å². The van der Waals surface area contributed by atoms with E-state index >= 15 is 0 Å². The van der Waals surface area contributed by atoms with Crippen molar-refractivity contribution in [1.29, 1.82) is 0 Å². The Bertz CT molecular complexity index is 143. The Hall–Kier alpha value is 0.1000. The smallest absolute Gasteiger partial charge is 0.256 e. The lowest BCUT2D eigenvalue weighted by atomic mass is 9.90. The Labute approximate surface area is 80.6 Å². The Balaban J connectivity index is 2.04. The second-order valence-electron chi connectivity index (χ2n) is 3.40. The molecule has 0 unspecified atom stereocenters. The molecule has 0 atom stereocenters. The molecule has 0 radical (unpaired) electrons. The van der Waals surface area contributed by atoms with E-state index in [0.717, 1.165) is 12.8 Å². The predicted octanol–water partition coefficient (Wildman–Crippen LogP) is 3.32. The molecule has 0 heterocycles. The molecule has 1 rings (SSSR count). The van der Waals surface area contributed by atoms with Crippen LogP contribution in [0.4, 0.5) is 13.2 Å². The first-order valence-electron chi connectivity index (χ1n) is 4.55. The van der Waals surface area contributed by atoms with Crippen LogP contribution in [0.1, 0.15) is 32.1 Å². The van der Waals surface area contributed by atoms with Crippen molar-refractivity contribution < 1.29 is 13.2 Å². The van der Waals surface area contributed by atoms with Gasteiger partial charge >= 0.3 is 5.51 Å². The highest BCUT2D eigenvalue weighted by Crippen LogP contribution is 2.29. The van der Waals surface area contributed by atoms with Gasteiger partial charge in [-0.15, -0.1) is 0 Å². The summed E-state index contributed by atoms with van der Waals surface area (Å²) in [5, 5.41) is 0. The van der Waals surface area contributed by atoms with Crippen LogP contribution in [0.5, 0.6) is 0 Å². The van der Waals surface area contributed by atoms with Crippen LogP contribution in [0.2, 0.25) is 0 Å². The first-order valence-corrected chi connectivity index (χ1v) is 5.37. The van der Waals surface area contributed by atoms with Gasteiger partial charge in [0.1, 0.15) is 0 Å². The first-order chi connectivity index (χ1) is 6.08. The summed E-state index contributed by atoms with van der Waals surface area (Å²) < 4.78 is 37.5. The van der Waals surface area contributed by atoms with Gasteiger partial charge in [-0.1, -0.05) is 19.3 Å². The standard InChI is InChI=1S/C8H14F3NS/c9-8(10,11)13-12-6-7-4-2-1-3-5-7/h7,12H,1-6H2. The third-order valence-corrected chi connectivity index (χ3v) is 2.83. The molecule has 5 heteroatoms. The molecule has 1 nitrogen and oxygen atoms in total. The minimum Gasteiger partial charge on any atom is -0.256 e. The highest BCUT2D eigenvalue weighted by molar-refractivity contribution is 7.98. The SMILES string of the molecule is FC(F)(F)SNCC1CCCCC1. The Kier molecular flexibility index (Phi) is 4.38. The van der Waals surface area contributed by atoms with E-state index < -0.39 is 5.51 Å². The van der Waals surface area contributed by atoms with Crippen LogP contribution in [-0.2, 0) is 0 Å². The van der Waals surface area contributed by atoms with Gasteiger partial charge < -0.3 is 0 Å². The molecule has 1 saturated carbocycles. The van der Waals surface area contributed by atoms with E-state index in [9.17, 15) is 13.2 Å². The molecule has 78 valence electrons. The first kappa shape index (κ1) is 11.2. The normalized spacial score (nSPS) is 20.5. The molecule has 0 aliphatic heterocycles. The molecule has 1 fully saturated rings. The zero-order valence-electron chi connectivity index (χ0n) is 7.36. The maximum atomic E-state index is 11.7. The van der Waals surface area contributed by atoms with E-state index in [2.05, 4.69) is 4.72 Å². The van der Waals surface area contributed by atoms with Crippen molar-refractivity contribution in [2.24, 2.45) is 5.92 Å². The third kappa shape index (κ3) is 5.41. The molecule has 1 aliphatic rings. The van der Waals surface area contributed by atoms with Gasteiger partial charge in [-0.2, -0.15) is 13.2 Å². The van der Waals surface area contributed by atoms with Crippen LogP contribution >= 0.6 is 11.9 Å². The molecule has 13 heavy (non-hydrogen) atoms. The van der Waals surface area contributed by atoms with E-state index in [1.165, 1.54) is 19.3 Å². The fraction of sp³-hybridized carbons (Fsp3) is 1.00. The topological polar surface area (TPSA) is 12.0 Å². The van der Waals surface area contributed by atoms with Gasteiger partial charge in [0.2, 0.25) is 0 Å². The summed E-state index contributed by atoms with van der Waals surface area (Å²) in [5.41, 5.74) is -4.14. The van der Waals surface area contributed by atoms with Crippen molar-refractivity contribution in [2.75, 3.05) is 6.54 Å². The zero-order valence-corrected chi connectivity index (χ0v) is 8.18. The summed E-state index contributed by atoms with van der Waals surface area (Å²) in [6.07, 6.45) is 5.73. The second kappa shape index (κ2) is 5.10. The van der Waals surface area contributed by atoms with E-state index in [4.69, 9.17) is 0 Å². The quantitative estimate of drug-likeness (QED) is 0.722. The lowest BCUT2D eigenvalue weighted by Crippen LogP contribution is -2.22. The van der Waals surface area contributed by atoms with Crippen molar-refractivity contribution in [3.63, 3.8) is 0 Å². The van der Waals surface area contributed by atoms with Crippen LogP contribution in [-0.4, -0.2) is 12.1 Å². The van der Waals surface area contributed by atoms with Crippen LogP contribution in [0, 0.1) is 5.92 Å². The molecular formula is C8H14F3NS. The van der Waals surface area contributed by atoms with E-state index in [1.54, 1.807) is 0 Å². The van der Waals surface area contributed by atoms with Gasteiger partial charge in [-0.05, 0) is 18.8 Å². The molecule has 0 bridgehead atoms. The predicted molar refractivity (Wildman–Crippen MR) is 48.2 cm³/mol. The maximum Gasteiger partial charge on any atom is 0.456 e. The highest BCUT2D eigenvalue weighted by atomic mass is 32.2. The van der Waals surface area contributed by atoms with Crippen molar-refractivity contribution in [3.8, 4) is 0 Å². The summed E-state index contributed by atoms with van der Waals surface area (Å²) in [6.45, 7) is 0.490. The number of alkyl halides is 3. The maximum absolute atomic E-state index is 11.7. The Morgan fingerprint density at radius 2 is 1.77 bits per heavy atom. The number of hydrogen-bond donors (Lipinski definition) is 1. The van der Waals surface area contributed by atoms with Gasteiger partial charge in [0, 0.05) is 18.5 Å². The molecule has 0 amide bonds. The highest BCUT2D eigenvalue weighted by Gasteiger charge is 2.28. The summed E-state index contributed by atoms with van der Waals surface area (Å²) in [6, 6.07) is 0. The van der Waals surface area contributed by atoms with Gasteiger partial charge in [0.25, 0.3) is 0 Å². The van der Waals surface area contributed by atoms with Crippen LogP contribution in [0.3, 0.4) is 0 Å². The van der Waals surface area contributed by atoms with Crippen LogP contribution in [0.25, 0.3) is 0 Å². The van der Waals surface area contributed by atoms with Gasteiger partial charge in [0.15, 0.2) is 0 Å². The Morgan fingerprint density at radius 3 is 2.31 bits per heavy atom. The minimum atomic E-state index is -4.14. The van der Waals surface area contributed by atoms with Crippen LogP contribution < -0.4 is 4.72 Å².